The second kappa shape index (κ2) is 7.65. The molecule has 0 fully saturated rings. The topological polar surface area (TPSA) is 69.6 Å². The fraction of sp³-hybridized carbons (Fsp3) is 0.467. The fourth-order valence-corrected chi connectivity index (χ4v) is 1.80. The predicted octanol–water partition coefficient (Wildman–Crippen LogP) is 1.59. The number of likely N-dealkylation sites (N-methyl/N-ethyl adjacent to an activating group) is 1. The molecule has 1 aromatic carbocycles. The average molecular weight is 278 g/mol. The maximum atomic E-state index is 11.8. The van der Waals surface area contributed by atoms with Gasteiger partial charge in [-0.15, -0.1) is 0 Å². The first kappa shape index (κ1) is 16.2. The lowest BCUT2D eigenvalue weighted by molar-refractivity contribution is -0.143. The van der Waals surface area contributed by atoms with Gasteiger partial charge in [-0.3, -0.25) is 9.59 Å². The lowest BCUT2D eigenvalue weighted by Gasteiger charge is -2.18. The molecule has 0 atom stereocenters. The Morgan fingerprint density at radius 3 is 2.30 bits per heavy atom. The zero-order chi connectivity index (χ0) is 15.1. The molecule has 20 heavy (non-hydrogen) atoms. The molecule has 0 saturated carbocycles. The smallest absolute Gasteiger partial charge is 0.313 e. The van der Waals surface area contributed by atoms with E-state index in [0.29, 0.717) is 18.2 Å². The van der Waals surface area contributed by atoms with Crippen molar-refractivity contribution in [1.82, 2.24) is 4.90 Å². The second-order valence-electron chi connectivity index (χ2n) is 4.84. The number of hydrogen-bond acceptors (Lipinski definition) is 3. The van der Waals surface area contributed by atoms with Crippen LogP contribution in [0.15, 0.2) is 24.3 Å². The van der Waals surface area contributed by atoms with Crippen molar-refractivity contribution in [1.29, 1.82) is 0 Å². The normalized spacial score (nSPS) is 10.4. The molecule has 2 N–H and O–H groups in total. The number of aliphatic hydroxyl groups is 1. The van der Waals surface area contributed by atoms with Gasteiger partial charge in [0.1, 0.15) is 0 Å². The monoisotopic (exact) mass is 278 g/mol. The standard InChI is InChI=1S/C15H22N2O3/c1-4-17(9-10-18)15(20)14(19)16-13-7-5-12(6-8-13)11(2)3/h5-8,11,18H,4,9-10H2,1-3H3,(H,16,19). The van der Waals surface area contributed by atoms with E-state index in [1.54, 1.807) is 19.1 Å². The van der Waals surface area contributed by atoms with E-state index in [-0.39, 0.29) is 13.2 Å². The first-order valence-corrected chi connectivity index (χ1v) is 6.80. The van der Waals surface area contributed by atoms with Crippen LogP contribution in [0, 0.1) is 0 Å². The largest absolute Gasteiger partial charge is 0.395 e. The fourth-order valence-electron chi connectivity index (χ4n) is 1.80. The molecule has 0 radical (unpaired) electrons. The van der Waals surface area contributed by atoms with Gasteiger partial charge >= 0.3 is 11.8 Å². The molecule has 2 amide bonds. The van der Waals surface area contributed by atoms with Gasteiger partial charge in [0.2, 0.25) is 0 Å². The number of amides is 2. The predicted molar refractivity (Wildman–Crippen MR) is 78.5 cm³/mol. The van der Waals surface area contributed by atoms with Crippen molar-refractivity contribution in [3.8, 4) is 0 Å². The van der Waals surface area contributed by atoms with Crippen LogP contribution in [0.25, 0.3) is 0 Å². The first-order valence-electron chi connectivity index (χ1n) is 6.80. The third-order valence-corrected chi connectivity index (χ3v) is 3.07. The van der Waals surface area contributed by atoms with Crippen molar-refractivity contribution < 1.29 is 14.7 Å². The summed E-state index contributed by atoms with van der Waals surface area (Å²) < 4.78 is 0. The second-order valence-corrected chi connectivity index (χ2v) is 4.84. The van der Waals surface area contributed by atoms with Crippen LogP contribution in [0.5, 0.6) is 0 Å². The summed E-state index contributed by atoms with van der Waals surface area (Å²) in [5, 5.41) is 11.4. The molecule has 110 valence electrons. The van der Waals surface area contributed by atoms with Crippen LogP contribution in [-0.4, -0.2) is 41.5 Å². The summed E-state index contributed by atoms with van der Waals surface area (Å²) in [7, 11) is 0. The van der Waals surface area contributed by atoms with Crippen molar-refractivity contribution >= 4 is 17.5 Å². The number of rotatable bonds is 5. The van der Waals surface area contributed by atoms with Crippen LogP contribution < -0.4 is 5.32 Å². The van der Waals surface area contributed by atoms with Gasteiger partial charge in [0.15, 0.2) is 0 Å². The van der Waals surface area contributed by atoms with Crippen molar-refractivity contribution in [2.45, 2.75) is 26.7 Å². The van der Waals surface area contributed by atoms with Crippen LogP contribution >= 0.6 is 0 Å². The molecule has 0 aromatic heterocycles. The molecule has 0 bridgehead atoms. The number of carbonyl (C=O) groups excluding carboxylic acids is 2. The first-order chi connectivity index (χ1) is 9.49. The summed E-state index contributed by atoms with van der Waals surface area (Å²) in [6.45, 7) is 6.33. The Labute approximate surface area is 119 Å². The number of carbonyl (C=O) groups is 2. The molecule has 0 saturated heterocycles. The van der Waals surface area contributed by atoms with Crippen LogP contribution in [0.4, 0.5) is 5.69 Å². The summed E-state index contributed by atoms with van der Waals surface area (Å²) >= 11 is 0. The van der Waals surface area contributed by atoms with Crippen LogP contribution in [0.2, 0.25) is 0 Å². The summed E-state index contributed by atoms with van der Waals surface area (Å²) in [6.07, 6.45) is 0. The Kier molecular flexibility index (Phi) is 6.18. The molecule has 0 unspecified atom stereocenters. The number of aliphatic hydroxyl groups excluding tert-OH is 1. The van der Waals surface area contributed by atoms with Gasteiger partial charge < -0.3 is 15.3 Å². The lowest BCUT2D eigenvalue weighted by atomic mass is 10.0. The minimum atomic E-state index is -0.683. The molecule has 0 aliphatic carbocycles. The summed E-state index contributed by atoms with van der Waals surface area (Å²) in [6, 6.07) is 7.41. The molecule has 0 spiro atoms. The molecule has 5 nitrogen and oxygen atoms in total. The Morgan fingerprint density at radius 1 is 1.25 bits per heavy atom. The zero-order valence-corrected chi connectivity index (χ0v) is 12.2. The average Bonchev–Trinajstić information content (AvgIpc) is 2.44. The third kappa shape index (κ3) is 4.35. The third-order valence-electron chi connectivity index (χ3n) is 3.07. The van der Waals surface area contributed by atoms with E-state index in [4.69, 9.17) is 5.11 Å². The molecule has 5 heteroatoms. The van der Waals surface area contributed by atoms with E-state index in [0.717, 1.165) is 0 Å². The highest BCUT2D eigenvalue weighted by Gasteiger charge is 2.20. The maximum Gasteiger partial charge on any atom is 0.313 e. The minimum Gasteiger partial charge on any atom is -0.395 e. The Hall–Kier alpha value is -1.88. The van der Waals surface area contributed by atoms with E-state index < -0.39 is 11.8 Å². The van der Waals surface area contributed by atoms with Gasteiger partial charge in [0.25, 0.3) is 0 Å². The quantitative estimate of drug-likeness (QED) is 0.804. The number of benzene rings is 1. The van der Waals surface area contributed by atoms with Crippen LogP contribution in [-0.2, 0) is 9.59 Å². The SMILES string of the molecule is CCN(CCO)C(=O)C(=O)Nc1ccc(C(C)C)cc1. The maximum absolute atomic E-state index is 11.8. The number of nitrogens with zero attached hydrogens (tertiary/aromatic N) is 1. The van der Waals surface area contributed by atoms with Crippen LogP contribution in [0.3, 0.4) is 0 Å². The highest BCUT2D eigenvalue weighted by atomic mass is 16.3. The van der Waals surface area contributed by atoms with Gasteiger partial charge in [-0.1, -0.05) is 26.0 Å². The summed E-state index contributed by atoms with van der Waals surface area (Å²) in [4.78, 5) is 25.0. The molecule has 0 aliphatic rings. The van der Waals surface area contributed by atoms with Gasteiger partial charge in [-0.05, 0) is 30.5 Å². The lowest BCUT2D eigenvalue weighted by Crippen LogP contribution is -2.41. The highest BCUT2D eigenvalue weighted by molar-refractivity contribution is 6.39. The molecular weight excluding hydrogens is 256 g/mol. The van der Waals surface area contributed by atoms with Gasteiger partial charge in [-0.25, -0.2) is 0 Å². The Balaban J connectivity index is 2.67. The molecule has 0 heterocycles. The molecule has 1 aromatic rings. The van der Waals surface area contributed by atoms with Gasteiger partial charge in [0, 0.05) is 18.8 Å². The van der Waals surface area contributed by atoms with Gasteiger partial charge in [0.05, 0.1) is 6.61 Å². The van der Waals surface area contributed by atoms with Crippen molar-refractivity contribution in [3.05, 3.63) is 29.8 Å². The van der Waals surface area contributed by atoms with E-state index in [9.17, 15) is 9.59 Å². The Morgan fingerprint density at radius 2 is 1.85 bits per heavy atom. The molecular formula is C15H22N2O3. The van der Waals surface area contributed by atoms with Crippen LogP contribution in [0.1, 0.15) is 32.3 Å². The van der Waals surface area contributed by atoms with Gasteiger partial charge in [-0.2, -0.15) is 0 Å². The van der Waals surface area contributed by atoms with Crippen molar-refractivity contribution in [3.63, 3.8) is 0 Å². The highest BCUT2D eigenvalue weighted by Crippen LogP contribution is 2.17. The number of nitrogens with one attached hydrogen (secondary N) is 1. The van der Waals surface area contributed by atoms with Crippen molar-refractivity contribution in [2.24, 2.45) is 0 Å². The minimum absolute atomic E-state index is 0.157. The van der Waals surface area contributed by atoms with E-state index in [1.165, 1.54) is 10.5 Å². The summed E-state index contributed by atoms with van der Waals surface area (Å²) in [5.74, 6) is -0.895. The molecule has 0 aliphatic heterocycles. The van der Waals surface area contributed by atoms with E-state index in [2.05, 4.69) is 19.2 Å². The van der Waals surface area contributed by atoms with E-state index >= 15 is 0 Å². The number of hydrogen-bond donors (Lipinski definition) is 2. The number of anilines is 1. The molecule has 1 rings (SSSR count). The van der Waals surface area contributed by atoms with E-state index in [1.807, 2.05) is 12.1 Å². The zero-order valence-electron chi connectivity index (χ0n) is 12.2. The summed E-state index contributed by atoms with van der Waals surface area (Å²) in [5.41, 5.74) is 1.76. The van der Waals surface area contributed by atoms with Crippen molar-refractivity contribution in [2.75, 3.05) is 25.0 Å². The Bertz CT molecular complexity index is 455.